The number of esters is 1. The van der Waals surface area contributed by atoms with Crippen molar-refractivity contribution in [2.75, 3.05) is 33.8 Å². The fourth-order valence-electron chi connectivity index (χ4n) is 1.69. The third-order valence-electron chi connectivity index (χ3n) is 2.91. The molecule has 8 heteroatoms. The highest BCUT2D eigenvalue weighted by Crippen LogP contribution is 2.12. The fraction of sp³-hybridized carbons (Fsp3) is 0.833. The van der Waals surface area contributed by atoms with E-state index in [4.69, 9.17) is 5.26 Å². The molecule has 0 saturated heterocycles. The van der Waals surface area contributed by atoms with Gasteiger partial charge >= 0.3 is 5.97 Å². The van der Waals surface area contributed by atoms with Crippen LogP contribution in [0.3, 0.4) is 0 Å². The molecule has 0 spiro atoms. The maximum Gasteiger partial charge on any atom is 0.309 e. The zero-order valence-electron chi connectivity index (χ0n) is 12.7. The SMILES string of the molecule is CCN(C[C@@H](C)C#N)S(=O)(=O)N(C)C[C@@H](C)C(=O)OC. The molecule has 0 aromatic heterocycles. The number of carbonyl (C=O) groups is 1. The molecule has 7 nitrogen and oxygen atoms in total. The van der Waals surface area contributed by atoms with Crippen LogP contribution in [0.1, 0.15) is 20.8 Å². The Labute approximate surface area is 121 Å². The molecule has 0 aliphatic carbocycles. The van der Waals surface area contributed by atoms with Gasteiger partial charge in [-0.15, -0.1) is 0 Å². The lowest BCUT2D eigenvalue weighted by molar-refractivity contribution is -0.145. The Morgan fingerprint density at radius 3 is 2.30 bits per heavy atom. The van der Waals surface area contributed by atoms with Gasteiger partial charge in [0.25, 0.3) is 10.2 Å². The molecule has 0 N–H and O–H groups in total. The Hall–Kier alpha value is -1.17. The van der Waals surface area contributed by atoms with Crippen LogP contribution in [0.2, 0.25) is 0 Å². The van der Waals surface area contributed by atoms with Crippen molar-refractivity contribution in [2.45, 2.75) is 20.8 Å². The number of hydrogen-bond acceptors (Lipinski definition) is 5. The van der Waals surface area contributed by atoms with E-state index in [1.165, 1.54) is 18.5 Å². The van der Waals surface area contributed by atoms with E-state index in [2.05, 4.69) is 4.74 Å². The molecular formula is C12H23N3O4S. The fourth-order valence-corrected chi connectivity index (χ4v) is 3.23. The lowest BCUT2D eigenvalue weighted by Gasteiger charge is -2.28. The van der Waals surface area contributed by atoms with E-state index in [1.807, 2.05) is 6.07 Å². The third-order valence-corrected chi connectivity index (χ3v) is 4.90. The van der Waals surface area contributed by atoms with Gasteiger partial charge in [0.2, 0.25) is 0 Å². The lowest BCUT2D eigenvalue weighted by atomic mass is 10.2. The van der Waals surface area contributed by atoms with Crippen LogP contribution in [0, 0.1) is 23.2 Å². The molecule has 0 aliphatic heterocycles. The summed E-state index contributed by atoms with van der Waals surface area (Å²) in [6.45, 7) is 5.41. The van der Waals surface area contributed by atoms with Crippen LogP contribution in [0.4, 0.5) is 0 Å². The van der Waals surface area contributed by atoms with E-state index in [0.29, 0.717) is 0 Å². The van der Waals surface area contributed by atoms with Crippen LogP contribution < -0.4 is 0 Å². The summed E-state index contributed by atoms with van der Waals surface area (Å²) in [7, 11) is -1.01. The molecule has 0 radical (unpaired) electrons. The van der Waals surface area contributed by atoms with Crippen molar-refractivity contribution < 1.29 is 17.9 Å². The average Bonchev–Trinajstić information content (AvgIpc) is 2.42. The zero-order valence-corrected chi connectivity index (χ0v) is 13.5. The molecule has 0 rings (SSSR count). The second kappa shape index (κ2) is 8.19. The number of nitrogens with zero attached hydrogens (tertiary/aromatic N) is 3. The van der Waals surface area contributed by atoms with Gasteiger partial charge in [-0.3, -0.25) is 4.79 Å². The summed E-state index contributed by atoms with van der Waals surface area (Å²) in [5, 5.41) is 8.79. The quantitative estimate of drug-likeness (QED) is 0.607. The summed E-state index contributed by atoms with van der Waals surface area (Å²) in [5.74, 6) is -1.40. The molecule has 0 saturated carbocycles. The van der Waals surface area contributed by atoms with Gasteiger partial charge in [-0.1, -0.05) is 13.8 Å². The van der Waals surface area contributed by atoms with E-state index >= 15 is 0 Å². The maximum atomic E-state index is 12.3. The minimum absolute atomic E-state index is 0.0342. The summed E-state index contributed by atoms with van der Waals surface area (Å²) in [4.78, 5) is 11.3. The summed E-state index contributed by atoms with van der Waals surface area (Å²) in [6, 6.07) is 2.01. The van der Waals surface area contributed by atoms with Crippen LogP contribution >= 0.6 is 0 Å². The maximum absolute atomic E-state index is 12.3. The predicted octanol–water partition coefficient (Wildman–Crippen LogP) is 0.454. The van der Waals surface area contributed by atoms with E-state index in [1.54, 1.807) is 20.8 Å². The topological polar surface area (TPSA) is 90.7 Å². The highest BCUT2D eigenvalue weighted by Gasteiger charge is 2.29. The summed E-state index contributed by atoms with van der Waals surface area (Å²) in [5.41, 5.74) is 0. The smallest absolute Gasteiger partial charge is 0.309 e. The highest BCUT2D eigenvalue weighted by atomic mass is 32.2. The number of carbonyl (C=O) groups excluding carboxylic acids is 1. The largest absolute Gasteiger partial charge is 0.469 e. The Morgan fingerprint density at radius 2 is 1.90 bits per heavy atom. The van der Waals surface area contributed by atoms with Crippen molar-refractivity contribution in [1.82, 2.24) is 8.61 Å². The van der Waals surface area contributed by atoms with Crippen molar-refractivity contribution in [3.8, 4) is 6.07 Å². The van der Waals surface area contributed by atoms with Gasteiger partial charge in [0.05, 0.1) is 25.0 Å². The normalized spacial score (nSPS) is 14.9. The van der Waals surface area contributed by atoms with Gasteiger partial charge in [0.1, 0.15) is 0 Å². The minimum atomic E-state index is -3.69. The van der Waals surface area contributed by atoms with Crippen molar-refractivity contribution in [3.05, 3.63) is 0 Å². The molecule has 2 atom stereocenters. The molecule has 0 bridgehead atoms. The summed E-state index contributed by atoms with van der Waals surface area (Å²) >= 11 is 0. The number of methoxy groups -OCH3 is 1. The molecule has 0 heterocycles. The highest BCUT2D eigenvalue weighted by molar-refractivity contribution is 7.86. The molecular weight excluding hydrogens is 282 g/mol. The van der Waals surface area contributed by atoms with Crippen LogP contribution in [0.15, 0.2) is 0 Å². The van der Waals surface area contributed by atoms with Gasteiger partial charge in [-0.2, -0.15) is 22.3 Å². The average molecular weight is 305 g/mol. The summed E-state index contributed by atoms with van der Waals surface area (Å²) in [6.07, 6.45) is 0. The second-order valence-electron chi connectivity index (χ2n) is 4.69. The molecule has 0 fully saturated rings. The van der Waals surface area contributed by atoms with Crippen LogP contribution in [0.5, 0.6) is 0 Å². The number of rotatable bonds is 8. The van der Waals surface area contributed by atoms with Gasteiger partial charge < -0.3 is 4.74 Å². The monoisotopic (exact) mass is 305 g/mol. The summed E-state index contributed by atoms with van der Waals surface area (Å²) < 4.78 is 31.6. The van der Waals surface area contributed by atoms with Crippen molar-refractivity contribution in [2.24, 2.45) is 11.8 Å². The Morgan fingerprint density at radius 1 is 1.35 bits per heavy atom. The molecule has 0 amide bonds. The molecule has 116 valence electrons. The van der Waals surface area contributed by atoms with Crippen molar-refractivity contribution in [1.29, 1.82) is 5.26 Å². The zero-order chi connectivity index (χ0) is 15.9. The molecule has 0 aromatic carbocycles. The second-order valence-corrected chi connectivity index (χ2v) is 6.73. The van der Waals surface area contributed by atoms with E-state index in [9.17, 15) is 13.2 Å². The number of hydrogen-bond donors (Lipinski definition) is 0. The Bertz CT molecular complexity index is 458. The van der Waals surface area contributed by atoms with Crippen LogP contribution in [-0.2, 0) is 19.7 Å². The molecule has 0 aromatic rings. The third kappa shape index (κ3) is 5.07. The van der Waals surface area contributed by atoms with E-state index < -0.39 is 28.0 Å². The van der Waals surface area contributed by atoms with Crippen LogP contribution in [0.25, 0.3) is 0 Å². The molecule has 0 unspecified atom stereocenters. The van der Waals surface area contributed by atoms with Crippen molar-refractivity contribution in [3.63, 3.8) is 0 Å². The van der Waals surface area contributed by atoms with Crippen LogP contribution in [-0.4, -0.2) is 56.8 Å². The molecule has 20 heavy (non-hydrogen) atoms. The lowest BCUT2D eigenvalue weighted by Crippen LogP contribution is -2.45. The first-order chi connectivity index (χ1) is 9.20. The van der Waals surface area contributed by atoms with Gasteiger partial charge in [-0.25, -0.2) is 0 Å². The standard InChI is InChI=1S/C12H23N3O4S/c1-6-15(8-10(2)7-13)20(17,18)14(4)9-11(3)12(16)19-5/h10-11H,6,8-9H2,1-5H3/t10-,11+/m0/s1. The first kappa shape index (κ1) is 18.8. The van der Waals surface area contributed by atoms with Gasteiger partial charge in [-0.05, 0) is 6.92 Å². The number of nitriles is 1. The van der Waals surface area contributed by atoms with Gasteiger partial charge in [0.15, 0.2) is 0 Å². The number of ether oxygens (including phenoxy) is 1. The van der Waals surface area contributed by atoms with E-state index in [0.717, 1.165) is 4.31 Å². The minimum Gasteiger partial charge on any atom is -0.469 e. The Kier molecular flexibility index (Phi) is 7.71. The first-order valence-electron chi connectivity index (χ1n) is 6.39. The van der Waals surface area contributed by atoms with Gasteiger partial charge in [0, 0.05) is 26.7 Å². The Balaban J connectivity index is 4.92. The van der Waals surface area contributed by atoms with E-state index in [-0.39, 0.29) is 19.6 Å². The predicted molar refractivity (Wildman–Crippen MR) is 74.8 cm³/mol. The van der Waals surface area contributed by atoms with Crippen molar-refractivity contribution >= 4 is 16.2 Å². The molecule has 0 aliphatic rings. The first-order valence-corrected chi connectivity index (χ1v) is 7.79.